The molecule has 1 N–H and O–H groups in total. The number of ether oxygens (including phenoxy) is 1. The van der Waals surface area contributed by atoms with E-state index in [1.165, 1.54) is 23.1 Å². The molecule has 1 aromatic carbocycles. The lowest BCUT2D eigenvalue weighted by atomic mass is 10.3. The molecule has 1 heterocycles. The molecule has 0 bridgehead atoms. The van der Waals surface area contributed by atoms with Crippen molar-refractivity contribution in [1.82, 2.24) is 10.2 Å². The Kier molecular flexibility index (Phi) is 6.34. The molecule has 8 heteroatoms. The molecule has 0 aliphatic carbocycles. The van der Waals surface area contributed by atoms with Crippen molar-refractivity contribution in [3.8, 4) is 5.75 Å². The number of rotatable bonds is 7. The molecular weight excluding hydrogens is 326 g/mol. The van der Waals surface area contributed by atoms with Gasteiger partial charge in [-0.15, -0.1) is 10.2 Å². The predicted molar refractivity (Wildman–Crippen MR) is 88.7 cm³/mol. The average molecular weight is 341 g/mol. The Hall–Kier alpha value is -1.25. The number of hydrogen-bond donors (Lipinski definition) is 1. The van der Waals surface area contributed by atoms with Gasteiger partial charge in [-0.25, -0.2) is 0 Å². The summed E-state index contributed by atoms with van der Waals surface area (Å²) in [6, 6.07) is 7.27. The third-order valence-electron chi connectivity index (χ3n) is 2.34. The Morgan fingerprint density at radius 3 is 2.81 bits per heavy atom. The lowest BCUT2D eigenvalue weighted by Gasteiger charge is -2.06. The van der Waals surface area contributed by atoms with Crippen LogP contribution in [0.25, 0.3) is 0 Å². The van der Waals surface area contributed by atoms with Gasteiger partial charge in [-0.1, -0.05) is 47.9 Å². The normalized spacial score (nSPS) is 10.4. The fourth-order valence-corrected chi connectivity index (χ4v) is 4.18. The monoisotopic (exact) mass is 341 g/mol. The zero-order valence-electron chi connectivity index (χ0n) is 11.7. The summed E-state index contributed by atoms with van der Waals surface area (Å²) in [5, 5.41) is 10.9. The minimum absolute atomic E-state index is 0.0758. The van der Waals surface area contributed by atoms with Crippen LogP contribution in [0.3, 0.4) is 0 Å². The van der Waals surface area contributed by atoms with Crippen molar-refractivity contribution in [2.45, 2.75) is 15.6 Å². The molecule has 0 unspecified atom stereocenters. The van der Waals surface area contributed by atoms with E-state index in [1.807, 2.05) is 18.2 Å². The quantitative estimate of drug-likeness (QED) is 0.779. The minimum atomic E-state index is -0.0758. The number of methoxy groups -OCH3 is 1. The Bertz CT molecular complexity index is 604. The molecule has 0 saturated heterocycles. The van der Waals surface area contributed by atoms with Crippen LogP contribution in [-0.4, -0.2) is 34.7 Å². The van der Waals surface area contributed by atoms with Gasteiger partial charge in [0.15, 0.2) is 8.68 Å². The maximum absolute atomic E-state index is 11.9. The zero-order valence-corrected chi connectivity index (χ0v) is 14.1. The van der Waals surface area contributed by atoms with Crippen LogP contribution in [0.2, 0.25) is 0 Å². The second-order valence-electron chi connectivity index (χ2n) is 3.84. The van der Waals surface area contributed by atoms with Crippen molar-refractivity contribution in [2.24, 2.45) is 0 Å². The number of hydrogen-bond acceptors (Lipinski definition) is 7. The predicted octanol–water partition coefficient (Wildman–Crippen LogP) is 3.39. The molecule has 0 saturated carbocycles. The first-order valence-corrected chi connectivity index (χ1v) is 9.03. The van der Waals surface area contributed by atoms with E-state index >= 15 is 0 Å². The van der Waals surface area contributed by atoms with Gasteiger partial charge in [0, 0.05) is 11.8 Å². The van der Waals surface area contributed by atoms with E-state index in [0.29, 0.717) is 11.5 Å². The molecule has 21 heavy (non-hydrogen) atoms. The second-order valence-corrected chi connectivity index (χ2v) is 7.55. The fraction of sp³-hybridized carbons (Fsp3) is 0.308. The molecule has 0 aliphatic rings. The zero-order chi connectivity index (χ0) is 15.1. The first kappa shape index (κ1) is 16.1. The number of carbonyl (C=O) groups excluding carboxylic acids is 1. The molecule has 5 nitrogen and oxygen atoms in total. The highest BCUT2D eigenvalue weighted by Crippen LogP contribution is 2.28. The molecule has 0 fully saturated rings. The van der Waals surface area contributed by atoms with Gasteiger partial charge in [0.25, 0.3) is 0 Å². The summed E-state index contributed by atoms with van der Waals surface area (Å²) in [6.45, 7) is 2.07. The molecule has 112 valence electrons. The number of carbonyl (C=O) groups is 1. The molecule has 0 spiro atoms. The Balaban J connectivity index is 1.83. The van der Waals surface area contributed by atoms with Crippen LogP contribution < -0.4 is 10.1 Å². The summed E-state index contributed by atoms with van der Waals surface area (Å²) in [5.41, 5.74) is 0.722. The van der Waals surface area contributed by atoms with Crippen LogP contribution in [0.1, 0.15) is 6.92 Å². The van der Waals surface area contributed by atoms with E-state index in [2.05, 4.69) is 22.4 Å². The lowest BCUT2D eigenvalue weighted by molar-refractivity contribution is -0.113. The van der Waals surface area contributed by atoms with E-state index in [4.69, 9.17) is 4.74 Å². The first-order chi connectivity index (χ1) is 10.2. The maximum Gasteiger partial charge on any atom is 0.234 e. The van der Waals surface area contributed by atoms with Crippen molar-refractivity contribution in [1.29, 1.82) is 0 Å². The molecule has 0 aliphatic heterocycles. The van der Waals surface area contributed by atoms with Crippen LogP contribution in [0, 0.1) is 0 Å². The fourth-order valence-electron chi connectivity index (χ4n) is 1.46. The number of amides is 1. The number of anilines is 1. The van der Waals surface area contributed by atoms with Gasteiger partial charge in [0.1, 0.15) is 5.75 Å². The van der Waals surface area contributed by atoms with Gasteiger partial charge in [0.05, 0.1) is 12.9 Å². The summed E-state index contributed by atoms with van der Waals surface area (Å²) >= 11 is 4.56. The van der Waals surface area contributed by atoms with E-state index in [1.54, 1.807) is 24.9 Å². The van der Waals surface area contributed by atoms with Crippen LogP contribution in [0.5, 0.6) is 5.75 Å². The largest absolute Gasteiger partial charge is 0.497 e. The van der Waals surface area contributed by atoms with Crippen LogP contribution in [0.4, 0.5) is 5.69 Å². The summed E-state index contributed by atoms with van der Waals surface area (Å²) in [5.74, 6) is 1.91. The van der Waals surface area contributed by atoms with Crippen molar-refractivity contribution in [3.63, 3.8) is 0 Å². The van der Waals surface area contributed by atoms with Crippen molar-refractivity contribution in [2.75, 3.05) is 23.9 Å². The summed E-state index contributed by atoms with van der Waals surface area (Å²) < 4.78 is 6.87. The highest BCUT2D eigenvalue weighted by Gasteiger charge is 2.08. The maximum atomic E-state index is 11.9. The van der Waals surface area contributed by atoms with Gasteiger partial charge in [-0.2, -0.15) is 0 Å². The second kappa shape index (κ2) is 8.26. The molecule has 0 radical (unpaired) electrons. The number of aromatic nitrogens is 2. The van der Waals surface area contributed by atoms with Crippen molar-refractivity contribution < 1.29 is 9.53 Å². The smallest absolute Gasteiger partial charge is 0.234 e. The third-order valence-corrected chi connectivity index (χ3v) is 5.41. The highest BCUT2D eigenvalue weighted by molar-refractivity contribution is 8.03. The van der Waals surface area contributed by atoms with Gasteiger partial charge >= 0.3 is 0 Å². The van der Waals surface area contributed by atoms with Gasteiger partial charge in [0.2, 0.25) is 5.91 Å². The van der Waals surface area contributed by atoms with E-state index < -0.39 is 0 Å². The molecule has 2 aromatic rings. The SMILES string of the molecule is CCSc1nnc(SCC(=O)Nc2cccc(OC)c2)s1. The number of nitrogens with one attached hydrogen (secondary N) is 1. The lowest BCUT2D eigenvalue weighted by Crippen LogP contribution is -2.13. The third kappa shape index (κ3) is 5.22. The number of nitrogens with zero attached hydrogens (tertiary/aromatic N) is 2. The highest BCUT2D eigenvalue weighted by atomic mass is 32.2. The topological polar surface area (TPSA) is 64.1 Å². The average Bonchev–Trinajstić information content (AvgIpc) is 2.93. The van der Waals surface area contributed by atoms with Gasteiger partial charge < -0.3 is 10.1 Å². The first-order valence-electron chi connectivity index (χ1n) is 6.24. The molecular formula is C13H15N3O2S3. The van der Waals surface area contributed by atoms with Crippen LogP contribution >= 0.6 is 34.9 Å². The van der Waals surface area contributed by atoms with Gasteiger partial charge in [-0.3, -0.25) is 4.79 Å². The standard InChI is InChI=1S/C13H15N3O2S3/c1-3-19-12-15-16-13(21-12)20-8-11(17)14-9-5-4-6-10(7-9)18-2/h4-7H,3,8H2,1-2H3,(H,14,17). The van der Waals surface area contributed by atoms with E-state index in [9.17, 15) is 4.79 Å². The molecule has 1 amide bonds. The number of thioether (sulfide) groups is 2. The van der Waals surface area contributed by atoms with Crippen molar-refractivity contribution >= 4 is 46.5 Å². The Morgan fingerprint density at radius 2 is 2.10 bits per heavy atom. The summed E-state index contributed by atoms with van der Waals surface area (Å²) in [7, 11) is 1.60. The Morgan fingerprint density at radius 1 is 1.33 bits per heavy atom. The molecule has 1 aromatic heterocycles. The van der Waals surface area contributed by atoms with Crippen molar-refractivity contribution in [3.05, 3.63) is 24.3 Å². The van der Waals surface area contributed by atoms with E-state index in [0.717, 1.165) is 20.1 Å². The van der Waals surface area contributed by atoms with E-state index in [-0.39, 0.29) is 5.91 Å². The summed E-state index contributed by atoms with van der Waals surface area (Å²) in [4.78, 5) is 11.9. The minimum Gasteiger partial charge on any atom is -0.497 e. The Labute approximate surface area is 135 Å². The summed E-state index contributed by atoms with van der Waals surface area (Å²) in [6.07, 6.45) is 0. The van der Waals surface area contributed by atoms with Crippen LogP contribution in [-0.2, 0) is 4.79 Å². The molecule has 0 atom stereocenters. The van der Waals surface area contributed by atoms with Gasteiger partial charge in [-0.05, 0) is 17.9 Å². The van der Waals surface area contributed by atoms with Crippen LogP contribution in [0.15, 0.2) is 32.9 Å². The molecule has 2 rings (SSSR count). The number of benzene rings is 1.